The molecule has 2 bridgehead atoms. The average molecular weight is 353 g/mol. The van der Waals surface area contributed by atoms with E-state index in [0.29, 0.717) is 12.0 Å². The smallest absolute Gasteiger partial charge is 0.261 e. The molecule has 2 aromatic rings. The zero-order valence-electron chi connectivity index (χ0n) is 11.9. The largest absolute Gasteiger partial charge is 0.347 e. The van der Waals surface area contributed by atoms with Crippen LogP contribution < -0.4 is 5.32 Å². The first-order chi connectivity index (χ1) is 10.8. The van der Waals surface area contributed by atoms with E-state index in [1.54, 1.807) is 17.3 Å². The minimum absolute atomic E-state index is 0.0628. The number of nitrogens with one attached hydrogen (secondary N) is 1. The molecule has 2 aromatic heterocycles. The second-order valence-corrected chi connectivity index (χ2v) is 9.11. The van der Waals surface area contributed by atoms with E-state index in [0.717, 1.165) is 20.0 Å². The molecule has 1 amide bonds. The molecule has 0 aliphatic carbocycles. The summed E-state index contributed by atoms with van der Waals surface area (Å²) in [5.74, 6) is 0.719. The lowest BCUT2D eigenvalue weighted by Gasteiger charge is -2.44. The van der Waals surface area contributed by atoms with E-state index in [9.17, 15) is 4.79 Å². The lowest BCUT2D eigenvalue weighted by atomic mass is 9.84. The minimum Gasteiger partial charge on any atom is -0.347 e. The SMILES string of the molecule is O=C(NC1CN2CCC1CC2)c1ccc(Sc2nncs2)s1. The van der Waals surface area contributed by atoms with Crippen LogP contribution in [-0.2, 0) is 0 Å². The van der Waals surface area contributed by atoms with Gasteiger partial charge in [0.05, 0.1) is 9.09 Å². The Bertz CT molecular complexity index is 649. The molecule has 1 N–H and O–H groups in total. The van der Waals surface area contributed by atoms with Gasteiger partial charge < -0.3 is 10.2 Å². The van der Waals surface area contributed by atoms with Gasteiger partial charge in [0, 0.05) is 12.6 Å². The number of fused-ring (bicyclic) bond motifs is 3. The lowest BCUT2D eigenvalue weighted by molar-refractivity contribution is 0.0622. The molecule has 3 aliphatic rings. The summed E-state index contributed by atoms with van der Waals surface area (Å²) in [7, 11) is 0. The molecule has 116 valence electrons. The first-order valence-electron chi connectivity index (χ1n) is 7.35. The van der Waals surface area contributed by atoms with Crippen molar-refractivity contribution in [3.8, 4) is 0 Å². The third kappa shape index (κ3) is 3.05. The average Bonchev–Trinajstić information content (AvgIpc) is 3.21. The highest BCUT2D eigenvalue weighted by Gasteiger charge is 2.35. The van der Waals surface area contributed by atoms with Gasteiger partial charge in [0.25, 0.3) is 5.91 Å². The molecule has 5 rings (SSSR count). The maximum atomic E-state index is 12.5. The van der Waals surface area contributed by atoms with Crippen LogP contribution in [-0.4, -0.2) is 46.7 Å². The van der Waals surface area contributed by atoms with Crippen molar-refractivity contribution < 1.29 is 4.79 Å². The standard InChI is InChI=1S/C14H16N4OS3/c19-13(16-10-7-18-5-3-9(10)4-6-18)11-1-2-12(21-11)22-14-17-15-8-20-14/h1-2,8-10H,3-7H2,(H,16,19). The maximum Gasteiger partial charge on any atom is 0.261 e. The van der Waals surface area contributed by atoms with Gasteiger partial charge in [-0.05, 0) is 55.7 Å². The van der Waals surface area contributed by atoms with E-state index in [1.165, 1.54) is 48.6 Å². The number of hydrogen-bond donors (Lipinski definition) is 1. The van der Waals surface area contributed by atoms with Gasteiger partial charge in [-0.2, -0.15) is 0 Å². The number of hydrogen-bond acceptors (Lipinski definition) is 7. The molecule has 3 saturated heterocycles. The van der Waals surface area contributed by atoms with E-state index in [2.05, 4.69) is 20.4 Å². The second kappa shape index (κ2) is 6.27. The number of rotatable bonds is 4. The number of amides is 1. The Hall–Kier alpha value is -0.960. The van der Waals surface area contributed by atoms with Crippen molar-refractivity contribution in [3.05, 3.63) is 22.5 Å². The fourth-order valence-corrected chi connectivity index (χ4v) is 5.90. The summed E-state index contributed by atoms with van der Waals surface area (Å²) < 4.78 is 1.99. The monoisotopic (exact) mass is 352 g/mol. The summed E-state index contributed by atoms with van der Waals surface area (Å²) in [5.41, 5.74) is 1.72. The number of carbonyl (C=O) groups excluding carboxylic acids is 1. The van der Waals surface area contributed by atoms with Crippen LogP contribution in [0.4, 0.5) is 0 Å². The Labute approximate surface area is 141 Å². The Morgan fingerprint density at radius 3 is 2.91 bits per heavy atom. The molecule has 0 spiro atoms. The number of thiophene rings is 1. The normalized spacial score (nSPS) is 27.0. The van der Waals surface area contributed by atoms with Crippen molar-refractivity contribution in [2.75, 3.05) is 19.6 Å². The van der Waals surface area contributed by atoms with Gasteiger partial charge in [0.1, 0.15) is 5.51 Å². The van der Waals surface area contributed by atoms with Crippen LogP contribution in [0, 0.1) is 5.92 Å². The predicted octanol–water partition coefficient (Wildman–Crippen LogP) is 2.57. The van der Waals surface area contributed by atoms with Crippen LogP contribution in [0.3, 0.4) is 0 Å². The van der Waals surface area contributed by atoms with Crippen molar-refractivity contribution in [1.82, 2.24) is 20.4 Å². The van der Waals surface area contributed by atoms with Crippen molar-refractivity contribution >= 4 is 40.3 Å². The summed E-state index contributed by atoms with van der Waals surface area (Å²) in [5, 5.41) is 11.1. The van der Waals surface area contributed by atoms with Gasteiger partial charge in [0.2, 0.25) is 0 Å². The quantitative estimate of drug-likeness (QED) is 0.916. The van der Waals surface area contributed by atoms with Crippen LogP contribution in [0.25, 0.3) is 0 Å². The fourth-order valence-electron chi connectivity index (χ4n) is 3.16. The van der Waals surface area contributed by atoms with Gasteiger partial charge in [-0.25, -0.2) is 0 Å². The van der Waals surface area contributed by atoms with E-state index < -0.39 is 0 Å². The Morgan fingerprint density at radius 2 is 2.23 bits per heavy atom. The highest BCUT2D eigenvalue weighted by atomic mass is 32.2. The number of carbonyl (C=O) groups is 1. The summed E-state index contributed by atoms with van der Waals surface area (Å²) in [6.45, 7) is 3.39. The molecule has 8 heteroatoms. The third-order valence-electron chi connectivity index (χ3n) is 4.31. The van der Waals surface area contributed by atoms with E-state index in [1.807, 2.05) is 12.1 Å². The van der Waals surface area contributed by atoms with Crippen LogP contribution in [0.1, 0.15) is 22.5 Å². The van der Waals surface area contributed by atoms with E-state index in [4.69, 9.17) is 0 Å². The summed E-state index contributed by atoms with van der Waals surface area (Å²) >= 11 is 4.60. The van der Waals surface area contributed by atoms with Gasteiger partial charge in [-0.1, -0.05) is 11.3 Å². The molecule has 1 atom stereocenters. The van der Waals surface area contributed by atoms with Crippen molar-refractivity contribution in [1.29, 1.82) is 0 Å². The number of piperidine rings is 3. The zero-order chi connectivity index (χ0) is 14.9. The Balaban J connectivity index is 1.39. The molecular formula is C14H16N4OS3. The molecular weight excluding hydrogens is 336 g/mol. The maximum absolute atomic E-state index is 12.5. The van der Waals surface area contributed by atoms with Crippen LogP contribution >= 0.6 is 34.4 Å². The van der Waals surface area contributed by atoms with Gasteiger partial charge in [-0.3, -0.25) is 4.79 Å². The third-order valence-corrected chi connectivity index (χ3v) is 7.30. The molecule has 3 fully saturated rings. The van der Waals surface area contributed by atoms with Gasteiger partial charge in [0.15, 0.2) is 4.34 Å². The molecule has 1 unspecified atom stereocenters. The fraction of sp³-hybridized carbons (Fsp3) is 0.500. The Morgan fingerprint density at radius 1 is 1.36 bits per heavy atom. The summed E-state index contributed by atoms with van der Waals surface area (Å²) in [4.78, 5) is 15.7. The number of aromatic nitrogens is 2. The van der Waals surface area contributed by atoms with E-state index >= 15 is 0 Å². The Kier molecular flexibility index (Phi) is 4.17. The minimum atomic E-state index is 0.0628. The second-order valence-electron chi connectivity index (χ2n) is 5.64. The molecule has 22 heavy (non-hydrogen) atoms. The van der Waals surface area contributed by atoms with Crippen molar-refractivity contribution in [2.24, 2.45) is 5.92 Å². The molecule has 5 nitrogen and oxygen atoms in total. The van der Waals surface area contributed by atoms with Gasteiger partial charge >= 0.3 is 0 Å². The molecule has 0 radical (unpaired) electrons. The first kappa shape index (κ1) is 14.6. The van der Waals surface area contributed by atoms with Crippen LogP contribution in [0.15, 0.2) is 26.2 Å². The van der Waals surface area contributed by atoms with Crippen LogP contribution in [0.2, 0.25) is 0 Å². The number of nitrogens with zero attached hydrogens (tertiary/aromatic N) is 3. The highest BCUT2D eigenvalue weighted by molar-refractivity contribution is 8.02. The van der Waals surface area contributed by atoms with Crippen molar-refractivity contribution in [2.45, 2.75) is 27.4 Å². The molecule has 0 saturated carbocycles. The molecule has 0 aromatic carbocycles. The van der Waals surface area contributed by atoms with Crippen LogP contribution in [0.5, 0.6) is 0 Å². The zero-order valence-corrected chi connectivity index (χ0v) is 14.3. The lowest BCUT2D eigenvalue weighted by Crippen LogP contribution is -2.57. The predicted molar refractivity (Wildman–Crippen MR) is 88.8 cm³/mol. The topological polar surface area (TPSA) is 58.1 Å². The van der Waals surface area contributed by atoms with Gasteiger partial charge in [-0.15, -0.1) is 21.5 Å². The van der Waals surface area contributed by atoms with Crippen molar-refractivity contribution in [3.63, 3.8) is 0 Å². The highest BCUT2D eigenvalue weighted by Crippen LogP contribution is 2.34. The molecule has 3 aliphatic heterocycles. The van der Waals surface area contributed by atoms with E-state index in [-0.39, 0.29) is 5.91 Å². The summed E-state index contributed by atoms with van der Waals surface area (Å²) in [6, 6.07) is 4.21. The summed E-state index contributed by atoms with van der Waals surface area (Å²) in [6.07, 6.45) is 2.43. The molecule has 5 heterocycles. The first-order valence-corrected chi connectivity index (χ1v) is 9.86.